The Hall–Kier alpha value is -3.36. The molecule has 1 aliphatic heterocycles. The quantitative estimate of drug-likeness (QED) is 0.790. The summed E-state index contributed by atoms with van der Waals surface area (Å²) in [5.74, 6) is -1.00. The highest BCUT2D eigenvalue weighted by molar-refractivity contribution is 5.94. The van der Waals surface area contributed by atoms with Gasteiger partial charge in [-0.25, -0.2) is 18.6 Å². The number of aromatic nitrogens is 3. The van der Waals surface area contributed by atoms with E-state index in [2.05, 4.69) is 20.4 Å². The van der Waals surface area contributed by atoms with Crippen LogP contribution in [-0.4, -0.2) is 34.2 Å². The van der Waals surface area contributed by atoms with E-state index in [1.54, 1.807) is 0 Å². The Balaban J connectivity index is 1.70. The largest absolute Gasteiger partial charge is 0.336 e. The van der Waals surface area contributed by atoms with Gasteiger partial charge in [0.15, 0.2) is 0 Å². The van der Waals surface area contributed by atoms with Gasteiger partial charge in [-0.15, -0.1) is 0 Å². The van der Waals surface area contributed by atoms with Crippen molar-refractivity contribution in [1.82, 2.24) is 20.4 Å². The average molecular weight is 343 g/mol. The van der Waals surface area contributed by atoms with Crippen molar-refractivity contribution < 1.29 is 18.1 Å². The van der Waals surface area contributed by atoms with Crippen molar-refractivity contribution in [1.29, 1.82) is 0 Å². The summed E-state index contributed by atoms with van der Waals surface area (Å²) in [4.78, 5) is 21.2. The Bertz CT molecular complexity index is 942. The molecule has 0 spiro atoms. The van der Waals surface area contributed by atoms with Crippen LogP contribution in [-0.2, 0) is 0 Å². The first-order valence-electron chi connectivity index (χ1n) is 7.43. The van der Waals surface area contributed by atoms with Gasteiger partial charge in [0.1, 0.15) is 17.3 Å². The van der Waals surface area contributed by atoms with E-state index >= 15 is 0 Å². The minimum atomic E-state index is -0.564. The Morgan fingerprint density at radius 1 is 1.20 bits per heavy atom. The summed E-state index contributed by atoms with van der Waals surface area (Å²) < 4.78 is 32.2. The third kappa shape index (κ3) is 2.80. The Morgan fingerprint density at radius 3 is 2.80 bits per heavy atom. The van der Waals surface area contributed by atoms with Crippen LogP contribution in [0, 0.1) is 11.6 Å². The van der Waals surface area contributed by atoms with Crippen LogP contribution in [0.1, 0.15) is 0 Å². The van der Waals surface area contributed by atoms with E-state index in [4.69, 9.17) is 4.52 Å². The van der Waals surface area contributed by atoms with Gasteiger partial charge in [0, 0.05) is 18.8 Å². The Labute approximate surface area is 140 Å². The summed E-state index contributed by atoms with van der Waals surface area (Å²) in [6.07, 6.45) is 1.03. The molecule has 4 rings (SSSR count). The van der Waals surface area contributed by atoms with E-state index < -0.39 is 11.6 Å². The van der Waals surface area contributed by atoms with Crippen LogP contribution in [0.2, 0.25) is 0 Å². The maximum atomic E-state index is 14.2. The molecule has 0 radical (unpaired) electrons. The number of urea groups is 1. The van der Waals surface area contributed by atoms with E-state index in [0.717, 1.165) is 6.20 Å². The maximum Gasteiger partial charge on any atom is 0.321 e. The van der Waals surface area contributed by atoms with Crippen LogP contribution in [0.5, 0.6) is 0 Å². The minimum absolute atomic E-state index is 0.0555. The molecule has 1 aliphatic rings. The van der Waals surface area contributed by atoms with Crippen LogP contribution in [0.15, 0.2) is 41.1 Å². The number of hydrogen-bond acceptors (Lipinski definition) is 5. The number of nitrogens with zero attached hydrogens (tertiary/aromatic N) is 4. The molecule has 3 aromatic rings. The first-order valence-corrected chi connectivity index (χ1v) is 7.43. The summed E-state index contributed by atoms with van der Waals surface area (Å²) in [6, 6.07) is 6.56. The molecule has 3 heterocycles. The fourth-order valence-corrected chi connectivity index (χ4v) is 2.51. The lowest BCUT2D eigenvalue weighted by Gasteiger charge is -2.14. The van der Waals surface area contributed by atoms with Gasteiger partial charge in [-0.3, -0.25) is 4.90 Å². The Morgan fingerprint density at radius 2 is 2.08 bits per heavy atom. The van der Waals surface area contributed by atoms with Gasteiger partial charge in [-0.1, -0.05) is 5.16 Å². The number of pyridine rings is 1. The lowest BCUT2D eigenvalue weighted by atomic mass is 10.1. The fraction of sp³-hybridized carbons (Fsp3) is 0.125. The third-order valence-corrected chi connectivity index (χ3v) is 3.73. The molecule has 1 saturated heterocycles. The number of amides is 2. The standard InChI is InChI=1S/C16H11F2N5O2/c17-9-1-4-13(20-8-9)14-21-15(25-22-14)11-7-10(2-3-12(11)18)23-6-5-19-16(23)24/h1-4,7-8H,5-6H2,(H,19,24). The molecule has 0 aliphatic carbocycles. The van der Waals surface area contributed by atoms with E-state index in [9.17, 15) is 13.6 Å². The topological polar surface area (TPSA) is 84.2 Å². The summed E-state index contributed by atoms with van der Waals surface area (Å²) in [5.41, 5.74) is 0.885. The molecule has 2 aromatic heterocycles. The van der Waals surface area contributed by atoms with Crippen molar-refractivity contribution in [3.8, 4) is 23.0 Å². The van der Waals surface area contributed by atoms with Gasteiger partial charge in [-0.05, 0) is 30.3 Å². The molecule has 25 heavy (non-hydrogen) atoms. The highest BCUT2D eigenvalue weighted by atomic mass is 19.1. The van der Waals surface area contributed by atoms with Crippen LogP contribution in [0.4, 0.5) is 19.3 Å². The molecule has 9 heteroatoms. The van der Waals surface area contributed by atoms with Gasteiger partial charge in [0.2, 0.25) is 5.82 Å². The second kappa shape index (κ2) is 5.93. The Kier molecular flexibility index (Phi) is 3.60. The van der Waals surface area contributed by atoms with Crippen molar-refractivity contribution >= 4 is 11.7 Å². The van der Waals surface area contributed by atoms with Crippen LogP contribution in [0.25, 0.3) is 23.0 Å². The predicted octanol–water partition coefficient (Wildman–Crippen LogP) is 2.61. The van der Waals surface area contributed by atoms with E-state index in [0.29, 0.717) is 24.5 Å². The van der Waals surface area contributed by atoms with E-state index in [1.165, 1.54) is 35.2 Å². The van der Waals surface area contributed by atoms with Crippen LogP contribution in [0.3, 0.4) is 0 Å². The molecular formula is C16H11F2N5O2. The van der Waals surface area contributed by atoms with E-state index in [-0.39, 0.29) is 23.3 Å². The van der Waals surface area contributed by atoms with Gasteiger partial charge in [0.25, 0.3) is 5.89 Å². The monoisotopic (exact) mass is 343 g/mol. The predicted molar refractivity (Wildman–Crippen MR) is 83.6 cm³/mol. The van der Waals surface area contributed by atoms with Crippen molar-refractivity contribution in [2.75, 3.05) is 18.0 Å². The van der Waals surface area contributed by atoms with Crippen LogP contribution < -0.4 is 10.2 Å². The van der Waals surface area contributed by atoms with Gasteiger partial charge < -0.3 is 9.84 Å². The second-order valence-corrected chi connectivity index (χ2v) is 5.33. The fourth-order valence-electron chi connectivity index (χ4n) is 2.51. The molecule has 1 N–H and O–H groups in total. The highest BCUT2D eigenvalue weighted by Crippen LogP contribution is 2.28. The zero-order valence-electron chi connectivity index (χ0n) is 12.7. The number of anilines is 1. The number of halogens is 2. The molecule has 1 aromatic carbocycles. The normalized spacial score (nSPS) is 14.0. The number of carbonyl (C=O) groups is 1. The molecule has 7 nitrogen and oxygen atoms in total. The number of nitrogens with one attached hydrogen (secondary N) is 1. The molecule has 0 bridgehead atoms. The van der Waals surface area contributed by atoms with Crippen molar-refractivity contribution in [3.05, 3.63) is 48.2 Å². The summed E-state index contributed by atoms with van der Waals surface area (Å²) in [5, 5.41) is 6.42. The summed E-state index contributed by atoms with van der Waals surface area (Å²) in [7, 11) is 0. The van der Waals surface area contributed by atoms with E-state index in [1.807, 2.05) is 0 Å². The van der Waals surface area contributed by atoms with Gasteiger partial charge in [0.05, 0.1) is 11.8 Å². The molecule has 2 amide bonds. The van der Waals surface area contributed by atoms with Crippen LogP contribution >= 0.6 is 0 Å². The molecule has 1 fully saturated rings. The van der Waals surface area contributed by atoms with Gasteiger partial charge >= 0.3 is 6.03 Å². The zero-order chi connectivity index (χ0) is 17.4. The third-order valence-electron chi connectivity index (χ3n) is 3.73. The second-order valence-electron chi connectivity index (χ2n) is 5.33. The molecule has 126 valence electrons. The minimum Gasteiger partial charge on any atom is -0.336 e. The molecule has 0 atom stereocenters. The maximum absolute atomic E-state index is 14.2. The van der Waals surface area contributed by atoms with Crippen molar-refractivity contribution in [2.45, 2.75) is 0 Å². The SMILES string of the molecule is O=C1NCCN1c1ccc(F)c(-c2nc(-c3ccc(F)cn3)no2)c1. The van der Waals surface area contributed by atoms with Crippen molar-refractivity contribution in [3.63, 3.8) is 0 Å². The number of rotatable bonds is 3. The molecule has 0 saturated carbocycles. The molecular weight excluding hydrogens is 332 g/mol. The smallest absolute Gasteiger partial charge is 0.321 e. The average Bonchev–Trinajstić information content (AvgIpc) is 3.25. The zero-order valence-corrected chi connectivity index (χ0v) is 12.7. The number of hydrogen-bond donors (Lipinski definition) is 1. The first-order chi connectivity index (χ1) is 12.1. The van der Waals surface area contributed by atoms with Gasteiger partial charge in [-0.2, -0.15) is 4.98 Å². The van der Waals surface area contributed by atoms with Crippen molar-refractivity contribution in [2.24, 2.45) is 0 Å². The lowest BCUT2D eigenvalue weighted by Crippen LogP contribution is -2.27. The summed E-state index contributed by atoms with van der Waals surface area (Å²) in [6.45, 7) is 1.00. The number of carbonyl (C=O) groups excluding carboxylic acids is 1. The first kappa shape index (κ1) is 15.2. The summed E-state index contributed by atoms with van der Waals surface area (Å²) >= 11 is 0. The highest BCUT2D eigenvalue weighted by Gasteiger charge is 2.23. The molecule has 0 unspecified atom stereocenters. The lowest BCUT2D eigenvalue weighted by molar-refractivity contribution is 0.252. The number of benzene rings is 1.